The molecule has 6 nitrogen and oxygen atoms in total. The van der Waals surface area contributed by atoms with Crippen molar-refractivity contribution in [3.8, 4) is 0 Å². The minimum Gasteiger partial charge on any atom is -0.396 e. The van der Waals surface area contributed by atoms with E-state index in [1.54, 1.807) is 0 Å². The number of amides is 1. The van der Waals surface area contributed by atoms with E-state index in [0.29, 0.717) is 38.1 Å². The Hall–Kier alpha value is -0.690. The first-order valence-electron chi connectivity index (χ1n) is 12.7. The second kappa shape index (κ2) is 15.2. The monoisotopic (exact) mass is 441 g/mol. The van der Waals surface area contributed by atoms with Gasteiger partial charge in [-0.1, -0.05) is 39.0 Å². The van der Waals surface area contributed by atoms with E-state index in [0.717, 1.165) is 38.5 Å². The van der Waals surface area contributed by atoms with Crippen LogP contribution in [-0.2, 0) is 14.3 Å². The molecule has 3 unspecified atom stereocenters. The first-order valence-corrected chi connectivity index (χ1v) is 12.7. The molecule has 2 aliphatic rings. The largest absolute Gasteiger partial charge is 0.396 e. The Labute approximate surface area is 189 Å². The molecule has 31 heavy (non-hydrogen) atoms. The summed E-state index contributed by atoms with van der Waals surface area (Å²) in [5, 5.41) is 22.0. The fourth-order valence-corrected chi connectivity index (χ4v) is 4.88. The van der Waals surface area contributed by atoms with Crippen LogP contribution in [0.4, 0.5) is 0 Å². The van der Waals surface area contributed by atoms with Gasteiger partial charge < -0.3 is 25.0 Å². The van der Waals surface area contributed by atoms with Gasteiger partial charge in [-0.05, 0) is 57.3 Å². The smallest absolute Gasteiger partial charge is 0.220 e. The Kier molecular flexibility index (Phi) is 13.0. The zero-order valence-corrected chi connectivity index (χ0v) is 19.9. The molecule has 2 fully saturated rings. The summed E-state index contributed by atoms with van der Waals surface area (Å²) in [5.41, 5.74) is 0. The van der Waals surface area contributed by atoms with Gasteiger partial charge in [0, 0.05) is 18.9 Å². The van der Waals surface area contributed by atoms with Gasteiger partial charge in [-0.2, -0.15) is 0 Å². The number of hydrogen-bond acceptors (Lipinski definition) is 5. The average Bonchev–Trinajstić information content (AvgIpc) is 2.77. The zero-order chi connectivity index (χ0) is 22.5. The Balaban J connectivity index is 1.73. The highest BCUT2D eigenvalue weighted by Gasteiger charge is 2.23. The number of ether oxygens (including phenoxy) is 2. The van der Waals surface area contributed by atoms with Crippen molar-refractivity contribution in [2.24, 2.45) is 17.8 Å². The van der Waals surface area contributed by atoms with Crippen molar-refractivity contribution in [2.45, 2.75) is 109 Å². The molecule has 182 valence electrons. The van der Waals surface area contributed by atoms with Crippen LogP contribution in [0.15, 0.2) is 0 Å². The molecular weight excluding hydrogens is 394 g/mol. The molecule has 2 rings (SSSR count). The summed E-state index contributed by atoms with van der Waals surface area (Å²) in [4.78, 5) is 12.7. The molecule has 3 atom stereocenters. The van der Waals surface area contributed by atoms with E-state index >= 15 is 0 Å². The molecular formula is C25H47NO5. The molecule has 0 saturated heterocycles. The number of hydrogen-bond donors (Lipinski definition) is 3. The summed E-state index contributed by atoms with van der Waals surface area (Å²) in [5.74, 6) is 1.52. The maximum atomic E-state index is 12.7. The van der Waals surface area contributed by atoms with E-state index in [2.05, 4.69) is 5.32 Å². The van der Waals surface area contributed by atoms with Crippen molar-refractivity contribution in [3.05, 3.63) is 0 Å². The molecule has 0 bridgehead atoms. The highest BCUT2D eigenvalue weighted by Crippen LogP contribution is 2.29. The molecule has 0 radical (unpaired) electrons. The van der Waals surface area contributed by atoms with Crippen molar-refractivity contribution in [3.63, 3.8) is 0 Å². The fraction of sp³-hybridized carbons (Fsp3) is 0.960. The zero-order valence-electron chi connectivity index (χ0n) is 19.9. The molecule has 3 N–H and O–H groups in total. The van der Waals surface area contributed by atoms with E-state index in [4.69, 9.17) is 14.6 Å². The van der Waals surface area contributed by atoms with Gasteiger partial charge >= 0.3 is 0 Å². The van der Waals surface area contributed by atoms with Crippen LogP contribution in [0.2, 0.25) is 0 Å². The summed E-state index contributed by atoms with van der Waals surface area (Å²) < 4.78 is 11.7. The van der Waals surface area contributed by atoms with Crippen LogP contribution < -0.4 is 5.32 Å². The van der Waals surface area contributed by atoms with Gasteiger partial charge in [-0.25, -0.2) is 0 Å². The highest BCUT2D eigenvalue weighted by atomic mass is 16.5. The van der Waals surface area contributed by atoms with Crippen LogP contribution in [0.1, 0.15) is 90.9 Å². The van der Waals surface area contributed by atoms with Gasteiger partial charge in [0.1, 0.15) is 0 Å². The van der Waals surface area contributed by atoms with Gasteiger partial charge in [0.15, 0.2) is 0 Å². The Morgan fingerprint density at radius 3 is 2.35 bits per heavy atom. The Morgan fingerprint density at radius 2 is 1.68 bits per heavy atom. The van der Waals surface area contributed by atoms with Crippen LogP contribution in [0.5, 0.6) is 0 Å². The fourth-order valence-electron chi connectivity index (χ4n) is 4.88. The molecule has 6 heteroatoms. The van der Waals surface area contributed by atoms with Crippen LogP contribution in [0.3, 0.4) is 0 Å². The van der Waals surface area contributed by atoms with Gasteiger partial charge in [-0.15, -0.1) is 0 Å². The number of aliphatic hydroxyl groups excluding tert-OH is 2. The Morgan fingerprint density at radius 1 is 0.968 bits per heavy atom. The van der Waals surface area contributed by atoms with E-state index in [1.165, 1.54) is 32.1 Å². The predicted molar refractivity (Wildman–Crippen MR) is 123 cm³/mol. The normalized spacial score (nSPS) is 25.7. The van der Waals surface area contributed by atoms with Crippen molar-refractivity contribution in [2.75, 3.05) is 26.4 Å². The molecule has 0 heterocycles. The van der Waals surface area contributed by atoms with Gasteiger partial charge in [0.05, 0.1) is 38.1 Å². The van der Waals surface area contributed by atoms with Crippen LogP contribution in [0.25, 0.3) is 0 Å². The summed E-state index contributed by atoms with van der Waals surface area (Å²) in [6, 6.07) is 0.0580. The van der Waals surface area contributed by atoms with E-state index in [1.807, 2.05) is 13.8 Å². The average molecular weight is 442 g/mol. The molecule has 0 spiro atoms. The van der Waals surface area contributed by atoms with Gasteiger partial charge in [-0.3, -0.25) is 4.79 Å². The molecule has 0 aromatic rings. The summed E-state index contributed by atoms with van der Waals surface area (Å²) in [6.45, 7) is 5.65. The predicted octanol–water partition coefficient (Wildman–Crippen LogP) is 3.82. The van der Waals surface area contributed by atoms with E-state index < -0.39 is 0 Å². The number of carbonyl (C=O) groups excluding carboxylic acids is 1. The lowest BCUT2D eigenvalue weighted by Gasteiger charge is -2.29. The molecule has 2 aliphatic carbocycles. The lowest BCUT2D eigenvalue weighted by molar-refractivity contribution is -0.123. The van der Waals surface area contributed by atoms with Gasteiger partial charge in [0.2, 0.25) is 5.91 Å². The summed E-state index contributed by atoms with van der Waals surface area (Å²) >= 11 is 0. The van der Waals surface area contributed by atoms with Crippen molar-refractivity contribution < 1.29 is 24.5 Å². The lowest BCUT2D eigenvalue weighted by atomic mass is 9.84. The minimum atomic E-state index is -0.139. The van der Waals surface area contributed by atoms with Crippen LogP contribution in [0, 0.1) is 17.8 Å². The van der Waals surface area contributed by atoms with E-state index in [-0.39, 0.29) is 36.7 Å². The molecule has 1 amide bonds. The lowest BCUT2D eigenvalue weighted by Crippen LogP contribution is -2.41. The highest BCUT2D eigenvalue weighted by molar-refractivity contribution is 5.76. The van der Waals surface area contributed by atoms with E-state index in [9.17, 15) is 9.90 Å². The van der Waals surface area contributed by atoms with Crippen LogP contribution in [-0.4, -0.2) is 60.8 Å². The molecule has 0 aliphatic heterocycles. The number of carbonyl (C=O) groups is 1. The SMILES string of the molecule is CC(CO)COCC(C)OCC(CC1CCCCC1)NC(=O)CCC1CCC(O)CC1. The second-order valence-corrected chi connectivity index (χ2v) is 10.2. The third-order valence-corrected chi connectivity index (χ3v) is 6.95. The van der Waals surface area contributed by atoms with Gasteiger partial charge in [0.25, 0.3) is 0 Å². The van der Waals surface area contributed by atoms with Crippen molar-refractivity contribution in [1.82, 2.24) is 5.32 Å². The maximum Gasteiger partial charge on any atom is 0.220 e. The maximum absolute atomic E-state index is 12.7. The summed E-state index contributed by atoms with van der Waals surface area (Å²) in [7, 11) is 0. The third-order valence-electron chi connectivity index (χ3n) is 6.95. The number of nitrogens with one attached hydrogen (secondary N) is 1. The third kappa shape index (κ3) is 11.7. The van der Waals surface area contributed by atoms with Crippen molar-refractivity contribution >= 4 is 5.91 Å². The summed E-state index contributed by atoms with van der Waals surface area (Å²) in [6.07, 6.45) is 12.6. The Bertz CT molecular complexity index is 475. The number of rotatable bonds is 14. The first-order chi connectivity index (χ1) is 15.0. The quantitative estimate of drug-likeness (QED) is 0.381. The minimum absolute atomic E-state index is 0.0367. The number of aliphatic hydroxyl groups is 2. The molecule has 2 saturated carbocycles. The second-order valence-electron chi connectivity index (χ2n) is 10.2. The topological polar surface area (TPSA) is 88.0 Å². The van der Waals surface area contributed by atoms with Crippen molar-refractivity contribution in [1.29, 1.82) is 0 Å². The molecule has 0 aromatic carbocycles. The standard InChI is InChI=1S/C25H47NO5/c1-19(15-27)16-30-17-20(2)31-18-23(14-22-6-4-3-5-7-22)26-25(29)13-10-21-8-11-24(28)12-9-21/h19-24,27-28H,3-18H2,1-2H3,(H,26,29). The van der Waals surface area contributed by atoms with Crippen LogP contribution >= 0.6 is 0 Å². The molecule has 0 aromatic heterocycles. The first kappa shape index (κ1) is 26.6.